The molecule has 8 nitrogen and oxygen atoms in total. The molecule has 0 atom stereocenters. The normalized spacial score (nSPS) is 10.4. The summed E-state index contributed by atoms with van der Waals surface area (Å²) in [5.74, 6) is -0.0767. The van der Waals surface area contributed by atoms with E-state index in [2.05, 4.69) is 15.0 Å². The molecule has 0 radical (unpaired) electrons. The van der Waals surface area contributed by atoms with Crippen molar-refractivity contribution in [3.05, 3.63) is 36.5 Å². The summed E-state index contributed by atoms with van der Waals surface area (Å²) in [5, 5.41) is 11.3. The van der Waals surface area contributed by atoms with E-state index in [0.717, 1.165) is 17.0 Å². The molecule has 1 amide bonds. The van der Waals surface area contributed by atoms with Crippen LogP contribution in [0.4, 0.5) is 5.82 Å². The van der Waals surface area contributed by atoms with Gasteiger partial charge in [0.1, 0.15) is 5.82 Å². The summed E-state index contributed by atoms with van der Waals surface area (Å²) in [7, 11) is -3.38. The van der Waals surface area contributed by atoms with Gasteiger partial charge in [-0.25, -0.2) is 18.1 Å². The molecule has 118 valence electrons. The summed E-state index contributed by atoms with van der Waals surface area (Å²) >= 11 is 0. The molecule has 0 saturated carbocycles. The molecule has 1 heterocycles. The average Bonchev–Trinajstić information content (AvgIpc) is 2.45. The molecule has 22 heavy (non-hydrogen) atoms. The summed E-state index contributed by atoms with van der Waals surface area (Å²) in [6.07, 6.45) is 2.64. The number of amides is 1. The number of anilines is 1. The molecule has 1 aromatic carbocycles. The number of nitrogens with zero attached hydrogens (tertiary/aromatic N) is 1. The minimum Gasteiger partial charge on any atom is -0.483 e. The molecule has 2 aromatic rings. The van der Waals surface area contributed by atoms with Gasteiger partial charge >= 0.3 is 0 Å². The minimum absolute atomic E-state index is 0.250. The largest absolute Gasteiger partial charge is 0.483 e. The Morgan fingerprint density at radius 1 is 1.32 bits per heavy atom. The van der Waals surface area contributed by atoms with Gasteiger partial charge in [-0.2, -0.15) is 0 Å². The molecule has 0 saturated heterocycles. The van der Waals surface area contributed by atoms with Crippen LogP contribution in [-0.4, -0.2) is 43.7 Å². The van der Waals surface area contributed by atoms with Crippen LogP contribution < -0.4 is 10.0 Å². The number of hydrogen-bond acceptors (Lipinski definition) is 5. The fourth-order valence-corrected chi connectivity index (χ4v) is 1.93. The number of hydrogen-bond donors (Lipinski definition) is 3. The topological polar surface area (TPSA) is 125 Å². The number of rotatable bonds is 4. The quantitative estimate of drug-likeness (QED) is 0.700. The van der Waals surface area contributed by atoms with Gasteiger partial charge in [0.15, 0.2) is 0 Å². The Morgan fingerprint density at radius 3 is 2.50 bits per heavy atom. The summed E-state index contributed by atoms with van der Waals surface area (Å²) < 4.78 is 23.8. The van der Waals surface area contributed by atoms with Crippen molar-refractivity contribution in [1.82, 2.24) is 9.71 Å². The number of carbonyl (C=O) groups is 2. The van der Waals surface area contributed by atoms with Gasteiger partial charge in [0.2, 0.25) is 15.9 Å². The zero-order chi connectivity index (χ0) is 16.6. The number of carboxylic acid groups (broad SMARTS) is 1. The van der Waals surface area contributed by atoms with E-state index in [4.69, 9.17) is 9.90 Å². The van der Waals surface area contributed by atoms with Crippen LogP contribution in [-0.2, 0) is 19.6 Å². The molecular formula is C13H15N3O5S. The third kappa shape index (κ3) is 6.29. The lowest BCUT2D eigenvalue weighted by atomic mass is 10.2. The highest BCUT2D eigenvalue weighted by Gasteiger charge is 2.07. The van der Waals surface area contributed by atoms with Gasteiger partial charge in [0.05, 0.1) is 12.8 Å². The lowest BCUT2D eigenvalue weighted by Crippen LogP contribution is -2.32. The van der Waals surface area contributed by atoms with Crippen molar-refractivity contribution >= 4 is 39.0 Å². The van der Waals surface area contributed by atoms with E-state index in [1.165, 1.54) is 0 Å². The van der Waals surface area contributed by atoms with E-state index in [-0.39, 0.29) is 13.0 Å². The lowest BCUT2D eigenvalue weighted by Gasteiger charge is -2.06. The van der Waals surface area contributed by atoms with Crippen molar-refractivity contribution in [2.75, 3.05) is 18.1 Å². The van der Waals surface area contributed by atoms with Crippen LogP contribution in [0.25, 0.3) is 10.8 Å². The van der Waals surface area contributed by atoms with Crippen molar-refractivity contribution in [2.24, 2.45) is 0 Å². The minimum atomic E-state index is -3.38. The number of fused-ring (bicyclic) bond motifs is 1. The number of aromatic nitrogens is 1. The van der Waals surface area contributed by atoms with Gasteiger partial charge in [0.25, 0.3) is 6.47 Å². The Balaban J connectivity index is 0.000000745. The van der Waals surface area contributed by atoms with E-state index in [9.17, 15) is 13.2 Å². The molecule has 0 aliphatic rings. The van der Waals surface area contributed by atoms with Crippen LogP contribution in [0.1, 0.15) is 0 Å². The first kappa shape index (κ1) is 17.5. The fourth-order valence-electron chi connectivity index (χ4n) is 1.54. The van der Waals surface area contributed by atoms with Crippen LogP contribution in [0.5, 0.6) is 0 Å². The van der Waals surface area contributed by atoms with Crippen molar-refractivity contribution < 1.29 is 23.1 Å². The molecular weight excluding hydrogens is 310 g/mol. The predicted molar refractivity (Wildman–Crippen MR) is 81.9 cm³/mol. The monoisotopic (exact) mass is 325 g/mol. The van der Waals surface area contributed by atoms with Crippen LogP contribution in [0.2, 0.25) is 0 Å². The molecule has 3 N–H and O–H groups in total. The molecule has 0 fully saturated rings. The standard InChI is InChI=1S/C12H13N3O3S.CH2O2/c1-19(17,18)14-8-12(16)15-11-6-9-4-2-3-5-10(9)7-13-11;2-1-3/h2-7,14H,8H2,1H3,(H,13,15,16);1H,(H,2,3). The maximum Gasteiger partial charge on any atom is 0.290 e. The summed E-state index contributed by atoms with van der Waals surface area (Å²) in [5.41, 5.74) is 0. The molecule has 0 spiro atoms. The van der Waals surface area contributed by atoms with Crippen molar-refractivity contribution in [2.45, 2.75) is 0 Å². The zero-order valence-corrected chi connectivity index (χ0v) is 12.5. The van der Waals surface area contributed by atoms with E-state index < -0.39 is 15.9 Å². The highest BCUT2D eigenvalue weighted by atomic mass is 32.2. The van der Waals surface area contributed by atoms with E-state index in [0.29, 0.717) is 5.82 Å². The smallest absolute Gasteiger partial charge is 0.290 e. The Morgan fingerprint density at radius 2 is 1.91 bits per heavy atom. The van der Waals surface area contributed by atoms with Crippen molar-refractivity contribution in [1.29, 1.82) is 0 Å². The second kappa shape index (κ2) is 8.05. The Kier molecular flexibility index (Phi) is 6.42. The second-order valence-electron chi connectivity index (χ2n) is 4.16. The number of nitrogens with one attached hydrogen (secondary N) is 2. The average molecular weight is 325 g/mol. The van der Waals surface area contributed by atoms with Crippen LogP contribution in [0.15, 0.2) is 36.5 Å². The highest BCUT2D eigenvalue weighted by Crippen LogP contribution is 2.15. The Hall–Kier alpha value is -2.52. The first-order valence-electron chi connectivity index (χ1n) is 6.03. The SMILES string of the molecule is CS(=O)(=O)NCC(=O)Nc1cc2ccccc2cn1.O=CO. The predicted octanol–water partition coefficient (Wildman–Crippen LogP) is 0.423. The number of pyridine rings is 1. The van der Waals surface area contributed by atoms with Gasteiger partial charge in [-0.3, -0.25) is 9.59 Å². The van der Waals surface area contributed by atoms with E-state index >= 15 is 0 Å². The van der Waals surface area contributed by atoms with Crippen LogP contribution in [0.3, 0.4) is 0 Å². The fraction of sp³-hybridized carbons (Fsp3) is 0.154. The molecule has 0 unspecified atom stereocenters. The summed E-state index contributed by atoms with van der Waals surface area (Å²) in [4.78, 5) is 24.0. The molecule has 0 bridgehead atoms. The molecule has 0 aliphatic carbocycles. The van der Waals surface area contributed by atoms with Gasteiger partial charge in [-0.15, -0.1) is 0 Å². The number of benzene rings is 1. The lowest BCUT2D eigenvalue weighted by molar-refractivity contribution is -0.123. The summed E-state index contributed by atoms with van der Waals surface area (Å²) in [6.45, 7) is -0.562. The van der Waals surface area contributed by atoms with Crippen molar-refractivity contribution in [3.8, 4) is 0 Å². The maximum absolute atomic E-state index is 11.5. The van der Waals surface area contributed by atoms with Gasteiger partial charge in [-0.05, 0) is 11.5 Å². The molecule has 1 aromatic heterocycles. The first-order valence-corrected chi connectivity index (χ1v) is 7.92. The van der Waals surface area contributed by atoms with E-state index in [1.54, 1.807) is 12.3 Å². The van der Waals surface area contributed by atoms with Gasteiger partial charge < -0.3 is 10.4 Å². The third-order valence-corrected chi connectivity index (χ3v) is 3.06. The second-order valence-corrected chi connectivity index (χ2v) is 6.00. The highest BCUT2D eigenvalue weighted by molar-refractivity contribution is 7.88. The maximum atomic E-state index is 11.5. The number of sulfonamides is 1. The zero-order valence-electron chi connectivity index (χ0n) is 11.7. The summed E-state index contributed by atoms with van der Waals surface area (Å²) in [6, 6.07) is 9.34. The number of carbonyl (C=O) groups excluding carboxylic acids is 1. The first-order chi connectivity index (χ1) is 10.4. The van der Waals surface area contributed by atoms with Crippen LogP contribution >= 0.6 is 0 Å². The van der Waals surface area contributed by atoms with Gasteiger partial charge in [0, 0.05) is 11.6 Å². The van der Waals surface area contributed by atoms with Crippen LogP contribution in [0, 0.1) is 0 Å². The van der Waals surface area contributed by atoms with Crippen molar-refractivity contribution in [3.63, 3.8) is 0 Å². The van der Waals surface area contributed by atoms with E-state index in [1.807, 2.05) is 24.3 Å². The Bertz CT molecular complexity index is 761. The molecule has 0 aliphatic heterocycles. The third-order valence-electron chi connectivity index (χ3n) is 2.39. The molecule has 9 heteroatoms. The van der Waals surface area contributed by atoms with Gasteiger partial charge in [-0.1, -0.05) is 24.3 Å². The Labute approximate surface area is 127 Å². The molecule has 2 rings (SSSR count).